The average Bonchev–Trinajstić information content (AvgIpc) is 2.63. The van der Waals surface area contributed by atoms with E-state index in [0.29, 0.717) is 17.1 Å². The lowest BCUT2D eigenvalue weighted by atomic mass is 10.1. The number of aliphatic hydroxyl groups excluding tert-OH is 1. The molecule has 1 unspecified atom stereocenters. The van der Waals surface area contributed by atoms with Crippen LogP contribution in [0.2, 0.25) is 0 Å². The second-order valence-corrected chi connectivity index (χ2v) is 8.14. The van der Waals surface area contributed by atoms with Crippen molar-refractivity contribution in [2.75, 3.05) is 22.0 Å². The minimum atomic E-state index is -3.35. The number of benzene rings is 2. The van der Waals surface area contributed by atoms with E-state index in [2.05, 4.69) is 20.0 Å². The molecular weight excluding hydrogens is 378 g/mol. The SMILES string of the molecule is Cc1ccc(-c2cnc(N)c(C(O)Nc3ccc(NS(C)(=O)=O)cc3)n2)cc1. The number of aryl methyl sites for hydroxylation is 1. The molecule has 0 aliphatic carbocycles. The van der Waals surface area contributed by atoms with Crippen molar-refractivity contribution in [1.29, 1.82) is 0 Å². The largest absolute Gasteiger partial charge is 0.382 e. The van der Waals surface area contributed by atoms with Crippen molar-refractivity contribution in [2.45, 2.75) is 13.2 Å². The molecule has 0 bridgehead atoms. The van der Waals surface area contributed by atoms with Crippen molar-refractivity contribution in [3.63, 3.8) is 0 Å². The summed E-state index contributed by atoms with van der Waals surface area (Å²) in [5.74, 6) is 0.117. The summed E-state index contributed by atoms with van der Waals surface area (Å²) in [6, 6.07) is 14.2. The van der Waals surface area contributed by atoms with Crippen molar-refractivity contribution in [3.05, 3.63) is 66.0 Å². The zero-order chi connectivity index (χ0) is 20.3. The quantitative estimate of drug-likeness (QED) is 0.469. The van der Waals surface area contributed by atoms with Gasteiger partial charge in [0.2, 0.25) is 10.0 Å². The Bertz CT molecular complexity index is 1070. The smallest absolute Gasteiger partial charge is 0.229 e. The lowest BCUT2D eigenvalue weighted by Gasteiger charge is -2.16. The number of sulfonamides is 1. The monoisotopic (exact) mass is 399 g/mol. The van der Waals surface area contributed by atoms with Gasteiger partial charge in [0.1, 0.15) is 11.5 Å². The highest BCUT2D eigenvalue weighted by atomic mass is 32.2. The fourth-order valence-corrected chi connectivity index (χ4v) is 3.12. The van der Waals surface area contributed by atoms with Crippen LogP contribution in [0.4, 0.5) is 17.2 Å². The van der Waals surface area contributed by atoms with E-state index in [-0.39, 0.29) is 11.5 Å². The Morgan fingerprint density at radius 3 is 2.25 bits per heavy atom. The van der Waals surface area contributed by atoms with Crippen molar-refractivity contribution in [2.24, 2.45) is 0 Å². The zero-order valence-electron chi connectivity index (χ0n) is 15.4. The number of aromatic nitrogens is 2. The lowest BCUT2D eigenvalue weighted by molar-refractivity contribution is 0.204. The van der Waals surface area contributed by atoms with Crippen molar-refractivity contribution >= 4 is 27.2 Å². The Morgan fingerprint density at radius 1 is 1.04 bits per heavy atom. The summed E-state index contributed by atoms with van der Waals surface area (Å²) in [6.45, 7) is 1.99. The number of aliphatic hydroxyl groups is 1. The summed E-state index contributed by atoms with van der Waals surface area (Å²) in [5.41, 5.74) is 9.66. The van der Waals surface area contributed by atoms with Gasteiger partial charge in [0.05, 0.1) is 18.1 Å². The summed E-state index contributed by atoms with van der Waals surface area (Å²) in [4.78, 5) is 8.58. The molecule has 0 aliphatic heterocycles. The molecule has 9 heteroatoms. The molecule has 0 aliphatic rings. The van der Waals surface area contributed by atoms with E-state index in [0.717, 1.165) is 17.4 Å². The Balaban J connectivity index is 1.79. The maximum absolute atomic E-state index is 11.3. The Labute approximate surface area is 163 Å². The third-order valence-corrected chi connectivity index (χ3v) is 4.53. The number of nitrogens with two attached hydrogens (primary N) is 1. The maximum Gasteiger partial charge on any atom is 0.229 e. The topological polar surface area (TPSA) is 130 Å². The highest BCUT2D eigenvalue weighted by Gasteiger charge is 2.16. The number of nitrogen functional groups attached to an aromatic ring is 1. The van der Waals surface area contributed by atoms with Gasteiger partial charge in [-0.3, -0.25) is 4.72 Å². The van der Waals surface area contributed by atoms with Crippen LogP contribution in [0.15, 0.2) is 54.7 Å². The van der Waals surface area contributed by atoms with Crippen molar-refractivity contribution in [1.82, 2.24) is 9.97 Å². The first-order valence-electron chi connectivity index (χ1n) is 8.43. The molecule has 1 heterocycles. The van der Waals surface area contributed by atoms with Gasteiger partial charge < -0.3 is 16.2 Å². The molecule has 28 heavy (non-hydrogen) atoms. The van der Waals surface area contributed by atoms with E-state index in [9.17, 15) is 13.5 Å². The Hall–Kier alpha value is -3.17. The molecule has 0 saturated heterocycles. The van der Waals surface area contributed by atoms with Gasteiger partial charge >= 0.3 is 0 Å². The number of hydrogen-bond donors (Lipinski definition) is 4. The van der Waals surface area contributed by atoms with Gasteiger partial charge in [0.25, 0.3) is 0 Å². The number of hydrogen-bond acceptors (Lipinski definition) is 7. The standard InChI is InChI=1S/C19H21N5O3S/c1-12-3-5-13(6-4-12)16-11-21-18(20)17(23-16)19(25)22-14-7-9-15(10-8-14)24-28(2,26)27/h3-11,19,22,24-25H,1-2H3,(H2,20,21). The normalized spacial score (nSPS) is 12.4. The summed E-state index contributed by atoms with van der Waals surface area (Å²) in [6.07, 6.45) is 1.44. The predicted octanol–water partition coefficient (Wildman–Crippen LogP) is 2.51. The molecule has 8 nitrogen and oxygen atoms in total. The first-order valence-corrected chi connectivity index (χ1v) is 10.3. The van der Waals surface area contributed by atoms with Gasteiger partial charge in [-0.05, 0) is 31.2 Å². The first-order chi connectivity index (χ1) is 13.2. The van der Waals surface area contributed by atoms with Gasteiger partial charge in [-0.15, -0.1) is 0 Å². The minimum Gasteiger partial charge on any atom is -0.382 e. The highest BCUT2D eigenvalue weighted by molar-refractivity contribution is 7.92. The van der Waals surface area contributed by atoms with Gasteiger partial charge in [-0.25, -0.2) is 18.4 Å². The molecule has 0 fully saturated rings. The van der Waals surface area contributed by atoms with Crippen LogP contribution >= 0.6 is 0 Å². The second-order valence-electron chi connectivity index (χ2n) is 6.39. The Morgan fingerprint density at radius 2 is 1.64 bits per heavy atom. The third kappa shape index (κ3) is 4.96. The van der Waals surface area contributed by atoms with Crippen LogP contribution in [-0.2, 0) is 10.0 Å². The van der Waals surface area contributed by atoms with Crippen LogP contribution in [-0.4, -0.2) is 29.7 Å². The lowest BCUT2D eigenvalue weighted by Crippen LogP contribution is -2.15. The van der Waals surface area contributed by atoms with E-state index >= 15 is 0 Å². The zero-order valence-corrected chi connectivity index (χ0v) is 16.2. The molecule has 3 aromatic rings. The van der Waals surface area contributed by atoms with Gasteiger partial charge in [-0.1, -0.05) is 29.8 Å². The van der Waals surface area contributed by atoms with Crippen molar-refractivity contribution in [3.8, 4) is 11.3 Å². The van der Waals surface area contributed by atoms with Gasteiger partial charge in [-0.2, -0.15) is 0 Å². The maximum atomic E-state index is 11.3. The number of nitrogens with zero attached hydrogens (tertiary/aromatic N) is 2. The molecule has 2 aromatic carbocycles. The number of anilines is 3. The average molecular weight is 399 g/mol. The molecule has 5 N–H and O–H groups in total. The van der Waals surface area contributed by atoms with Crippen LogP contribution in [0.1, 0.15) is 17.5 Å². The molecule has 0 radical (unpaired) electrons. The van der Waals surface area contributed by atoms with Crippen LogP contribution in [0.5, 0.6) is 0 Å². The van der Waals surface area contributed by atoms with E-state index in [1.165, 1.54) is 0 Å². The first kappa shape index (κ1) is 19.6. The summed E-state index contributed by atoms with van der Waals surface area (Å²) < 4.78 is 24.9. The summed E-state index contributed by atoms with van der Waals surface area (Å²) in [7, 11) is -3.35. The van der Waals surface area contributed by atoms with Crippen LogP contribution < -0.4 is 15.8 Å². The molecule has 146 valence electrons. The summed E-state index contributed by atoms with van der Waals surface area (Å²) in [5, 5.41) is 13.4. The van der Waals surface area contributed by atoms with Crippen LogP contribution in [0.3, 0.4) is 0 Å². The van der Waals surface area contributed by atoms with E-state index in [1.54, 1.807) is 30.5 Å². The third-order valence-electron chi connectivity index (χ3n) is 3.93. The second kappa shape index (κ2) is 7.83. The molecular formula is C19H21N5O3S. The van der Waals surface area contributed by atoms with Crippen LogP contribution in [0, 0.1) is 6.92 Å². The van der Waals surface area contributed by atoms with E-state index in [1.807, 2.05) is 31.2 Å². The summed E-state index contributed by atoms with van der Waals surface area (Å²) >= 11 is 0. The molecule has 0 amide bonds. The molecule has 1 atom stereocenters. The van der Waals surface area contributed by atoms with Gasteiger partial charge in [0.15, 0.2) is 6.23 Å². The fourth-order valence-electron chi connectivity index (χ4n) is 2.55. The molecule has 0 saturated carbocycles. The predicted molar refractivity (Wildman–Crippen MR) is 110 cm³/mol. The number of rotatable bonds is 6. The van der Waals surface area contributed by atoms with E-state index in [4.69, 9.17) is 5.73 Å². The molecule has 0 spiro atoms. The highest BCUT2D eigenvalue weighted by Crippen LogP contribution is 2.24. The van der Waals surface area contributed by atoms with Gasteiger partial charge in [0, 0.05) is 16.9 Å². The number of nitrogens with one attached hydrogen (secondary N) is 2. The van der Waals surface area contributed by atoms with Crippen molar-refractivity contribution < 1.29 is 13.5 Å². The Kier molecular flexibility index (Phi) is 5.48. The van der Waals surface area contributed by atoms with E-state index < -0.39 is 16.3 Å². The minimum absolute atomic E-state index is 0.117. The van der Waals surface area contributed by atoms with Crippen LogP contribution in [0.25, 0.3) is 11.3 Å². The molecule has 1 aromatic heterocycles. The molecule has 3 rings (SSSR count). The fraction of sp³-hybridized carbons (Fsp3) is 0.158.